The van der Waals surface area contributed by atoms with Crippen LogP contribution >= 0.6 is 0 Å². The molecule has 56 heavy (non-hydrogen) atoms. The zero-order valence-electron chi connectivity index (χ0n) is 30.3. The van der Waals surface area contributed by atoms with Crippen molar-refractivity contribution in [3.8, 4) is 89.8 Å². The van der Waals surface area contributed by atoms with Gasteiger partial charge in [0.15, 0.2) is 17.5 Å². The van der Waals surface area contributed by atoms with Gasteiger partial charge in [0.05, 0.1) is 5.52 Å². The zero-order chi connectivity index (χ0) is 37.0. The molecule has 0 radical (unpaired) electrons. The first-order valence-corrected chi connectivity index (χ1v) is 18.9. The van der Waals surface area contributed by atoms with E-state index in [4.69, 9.17) is 15.0 Å². The summed E-state index contributed by atoms with van der Waals surface area (Å²) in [5.41, 5.74) is 15.6. The number of fused-ring (bicyclic) bond motifs is 4. The minimum absolute atomic E-state index is 0.621. The first-order chi connectivity index (χ1) is 27.7. The van der Waals surface area contributed by atoms with Crippen LogP contribution in [0.2, 0.25) is 0 Å². The molecule has 0 unspecified atom stereocenters. The normalized spacial score (nSPS) is 11.6. The van der Waals surface area contributed by atoms with Crippen molar-refractivity contribution in [1.29, 1.82) is 0 Å². The maximum atomic E-state index is 5.17. The van der Waals surface area contributed by atoms with E-state index in [1.54, 1.807) is 0 Å². The van der Waals surface area contributed by atoms with Crippen LogP contribution in [0.15, 0.2) is 194 Å². The summed E-state index contributed by atoms with van der Waals surface area (Å²) in [6, 6.07) is 66.3. The van der Waals surface area contributed by atoms with E-state index in [2.05, 4.69) is 151 Å². The fraction of sp³-hybridized carbons (Fsp3) is 0. The molecule has 4 nitrogen and oxygen atoms in total. The van der Waals surface area contributed by atoms with Crippen LogP contribution in [-0.2, 0) is 0 Å². The van der Waals surface area contributed by atoms with Crippen LogP contribution in [0.4, 0.5) is 0 Å². The second-order valence-corrected chi connectivity index (χ2v) is 14.2. The predicted molar refractivity (Wildman–Crippen MR) is 230 cm³/mol. The number of hydrogen-bond acceptors (Lipinski definition) is 4. The molecule has 1 aliphatic rings. The van der Waals surface area contributed by atoms with E-state index in [0.717, 1.165) is 55.4 Å². The number of benzene rings is 8. The zero-order valence-corrected chi connectivity index (χ0v) is 30.3. The van der Waals surface area contributed by atoms with Gasteiger partial charge < -0.3 is 0 Å². The molecule has 8 aromatic carbocycles. The van der Waals surface area contributed by atoms with Crippen LogP contribution < -0.4 is 0 Å². The molecular weight excluding hydrogens is 681 g/mol. The summed E-state index contributed by atoms with van der Waals surface area (Å²) < 4.78 is 0. The predicted octanol–water partition coefficient (Wildman–Crippen LogP) is 13.2. The van der Waals surface area contributed by atoms with Gasteiger partial charge in [-0.2, -0.15) is 0 Å². The molecule has 11 rings (SSSR count). The molecule has 0 fully saturated rings. The van der Waals surface area contributed by atoms with Gasteiger partial charge in [0, 0.05) is 28.3 Å². The van der Waals surface area contributed by atoms with E-state index in [-0.39, 0.29) is 0 Å². The molecule has 1 aliphatic carbocycles. The monoisotopic (exact) mass is 712 g/mol. The molecule has 0 saturated carbocycles. The molecule has 2 heterocycles. The average molecular weight is 713 g/mol. The van der Waals surface area contributed by atoms with E-state index < -0.39 is 0 Å². The standard InChI is InChI=1S/C52H32N4/c1-3-13-33(14-4-1)50-54-51(34-15-5-2-6-16-34)56-52(55-50)39-31-37(35-17-11-18-36(29-35)41-27-28-53-48-24-10-9-21-44(41)48)30-38(32-39)40-25-26-47-43-20-8-7-19-42(43)46-23-12-22-45(40)49(46)47/h1-32H. The van der Waals surface area contributed by atoms with Gasteiger partial charge in [-0.3, -0.25) is 4.98 Å². The van der Waals surface area contributed by atoms with Gasteiger partial charge in [-0.15, -0.1) is 0 Å². The van der Waals surface area contributed by atoms with Gasteiger partial charge in [-0.05, 0) is 103 Å². The minimum Gasteiger partial charge on any atom is -0.256 e. The molecule has 0 saturated heterocycles. The number of aromatic nitrogens is 4. The molecule has 0 bridgehead atoms. The maximum absolute atomic E-state index is 5.17. The van der Waals surface area contributed by atoms with E-state index in [0.29, 0.717) is 17.5 Å². The summed E-state index contributed by atoms with van der Waals surface area (Å²) in [6.45, 7) is 0. The Balaban J connectivity index is 1.15. The lowest BCUT2D eigenvalue weighted by Gasteiger charge is -2.15. The molecule has 260 valence electrons. The number of rotatable bonds is 6. The maximum Gasteiger partial charge on any atom is 0.164 e. The highest BCUT2D eigenvalue weighted by Crippen LogP contribution is 2.49. The summed E-state index contributed by atoms with van der Waals surface area (Å²) in [4.78, 5) is 20.0. The SMILES string of the molecule is c1ccc(-c2nc(-c3ccccc3)nc(-c3cc(-c4cccc(-c5ccnc6ccccc56)c4)cc(-c4ccc5c6c(cccc46)-c4ccccc4-5)c3)n2)cc1. The lowest BCUT2D eigenvalue weighted by molar-refractivity contribution is 1.07. The number of pyridine rings is 1. The van der Waals surface area contributed by atoms with Crippen molar-refractivity contribution in [2.45, 2.75) is 0 Å². The van der Waals surface area contributed by atoms with Crippen LogP contribution in [-0.4, -0.2) is 19.9 Å². The molecular formula is C52H32N4. The van der Waals surface area contributed by atoms with Crippen molar-refractivity contribution in [2.24, 2.45) is 0 Å². The van der Waals surface area contributed by atoms with E-state index in [1.807, 2.05) is 48.7 Å². The molecule has 0 aliphatic heterocycles. The van der Waals surface area contributed by atoms with Crippen molar-refractivity contribution in [3.63, 3.8) is 0 Å². The fourth-order valence-corrected chi connectivity index (χ4v) is 8.29. The lowest BCUT2D eigenvalue weighted by atomic mass is 9.90. The topological polar surface area (TPSA) is 51.6 Å². The fourth-order valence-electron chi connectivity index (χ4n) is 8.29. The number of para-hydroxylation sites is 1. The van der Waals surface area contributed by atoms with Crippen molar-refractivity contribution in [1.82, 2.24) is 19.9 Å². The van der Waals surface area contributed by atoms with Gasteiger partial charge in [0.25, 0.3) is 0 Å². The van der Waals surface area contributed by atoms with Crippen LogP contribution in [0.1, 0.15) is 0 Å². The largest absolute Gasteiger partial charge is 0.256 e. The summed E-state index contributed by atoms with van der Waals surface area (Å²) in [5, 5.41) is 3.65. The van der Waals surface area contributed by atoms with Crippen LogP contribution in [0.5, 0.6) is 0 Å². The Labute approximate surface area is 324 Å². The lowest BCUT2D eigenvalue weighted by Crippen LogP contribution is -2.00. The summed E-state index contributed by atoms with van der Waals surface area (Å²) in [7, 11) is 0. The molecule has 10 aromatic rings. The molecule has 0 amide bonds. The van der Waals surface area contributed by atoms with Crippen molar-refractivity contribution in [3.05, 3.63) is 194 Å². The summed E-state index contributed by atoms with van der Waals surface area (Å²) >= 11 is 0. The van der Waals surface area contributed by atoms with Gasteiger partial charge in [-0.25, -0.2) is 15.0 Å². The molecule has 0 N–H and O–H groups in total. The highest BCUT2D eigenvalue weighted by atomic mass is 15.0. The van der Waals surface area contributed by atoms with Gasteiger partial charge in [0.1, 0.15) is 0 Å². The van der Waals surface area contributed by atoms with Gasteiger partial charge >= 0.3 is 0 Å². The Bertz CT molecular complexity index is 3040. The Hall–Kier alpha value is -7.56. The summed E-state index contributed by atoms with van der Waals surface area (Å²) in [5.74, 6) is 1.89. The van der Waals surface area contributed by atoms with Crippen LogP contribution in [0, 0.1) is 0 Å². The third-order valence-corrected chi connectivity index (χ3v) is 10.9. The van der Waals surface area contributed by atoms with E-state index in [9.17, 15) is 0 Å². The Morgan fingerprint density at radius 3 is 1.50 bits per heavy atom. The Kier molecular flexibility index (Phi) is 7.46. The van der Waals surface area contributed by atoms with Gasteiger partial charge in [0.2, 0.25) is 0 Å². The Morgan fingerprint density at radius 1 is 0.268 bits per heavy atom. The highest BCUT2D eigenvalue weighted by Gasteiger charge is 2.23. The third kappa shape index (κ3) is 5.39. The van der Waals surface area contributed by atoms with Crippen LogP contribution in [0.25, 0.3) is 111 Å². The first-order valence-electron chi connectivity index (χ1n) is 18.9. The van der Waals surface area contributed by atoms with Crippen LogP contribution in [0.3, 0.4) is 0 Å². The highest BCUT2D eigenvalue weighted by molar-refractivity contribution is 6.18. The van der Waals surface area contributed by atoms with Crippen molar-refractivity contribution < 1.29 is 0 Å². The quantitative estimate of drug-likeness (QED) is 0.172. The molecule has 0 spiro atoms. The molecule has 4 heteroatoms. The molecule has 0 atom stereocenters. The third-order valence-electron chi connectivity index (χ3n) is 10.9. The van der Waals surface area contributed by atoms with E-state index >= 15 is 0 Å². The Morgan fingerprint density at radius 2 is 0.750 bits per heavy atom. The second-order valence-electron chi connectivity index (χ2n) is 14.2. The smallest absolute Gasteiger partial charge is 0.164 e. The average Bonchev–Trinajstić information content (AvgIpc) is 3.61. The van der Waals surface area contributed by atoms with Crippen molar-refractivity contribution in [2.75, 3.05) is 0 Å². The summed E-state index contributed by atoms with van der Waals surface area (Å²) in [6.07, 6.45) is 1.90. The molecule has 2 aromatic heterocycles. The van der Waals surface area contributed by atoms with Gasteiger partial charge in [-0.1, -0.05) is 152 Å². The van der Waals surface area contributed by atoms with E-state index in [1.165, 1.54) is 38.6 Å². The van der Waals surface area contributed by atoms with Crippen molar-refractivity contribution >= 4 is 21.7 Å². The number of nitrogens with zero attached hydrogens (tertiary/aromatic N) is 4. The first kappa shape index (κ1) is 31.9. The number of hydrogen-bond donors (Lipinski definition) is 0. The second kappa shape index (κ2) is 13.1. The minimum atomic E-state index is 0.621.